The van der Waals surface area contributed by atoms with Crippen LogP contribution in [0.2, 0.25) is 0 Å². The molecule has 2 atom stereocenters. The third kappa shape index (κ3) is 4.66. The molecule has 1 aliphatic carbocycles. The molecule has 1 heterocycles. The zero-order valence-corrected chi connectivity index (χ0v) is 17.4. The zero-order chi connectivity index (χ0) is 21.7. The average Bonchev–Trinajstić information content (AvgIpc) is 2.76. The standard InChI is InChI=1S/C21H28N2O7/c1-3-29-19-11-15(17(23(26)27)12-18(19)28-2)21(25)30-13-20(24)22-10-6-8-14-7-4-5-9-16(14)22/h11-12,14,16H,3-10,13H2,1-2H3/t14-,16+/m0/s1. The van der Waals surface area contributed by atoms with Crippen LogP contribution < -0.4 is 9.47 Å². The van der Waals surface area contributed by atoms with Crippen molar-refractivity contribution in [1.29, 1.82) is 0 Å². The molecule has 30 heavy (non-hydrogen) atoms. The van der Waals surface area contributed by atoms with Crippen LogP contribution in [0.3, 0.4) is 0 Å². The number of methoxy groups -OCH3 is 1. The summed E-state index contributed by atoms with van der Waals surface area (Å²) in [5.74, 6) is -0.321. The van der Waals surface area contributed by atoms with Gasteiger partial charge in [-0.25, -0.2) is 4.79 Å². The Kier molecular flexibility index (Phi) is 7.12. The normalized spacial score (nSPS) is 20.8. The van der Waals surface area contributed by atoms with Gasteiger partial charge in [-0.15, -0.1) is 0 Å². The van der Waals surface area contributed by atoms with Gasteiger partial charge < -0.3 is 19.1 Å². The molecule has 9 heteroatoms. The quantitative estimate of drug-likeness (QED) is 0.378. The molecular formula is C21H28N2O7. The Labute approximate surface area is 175 Å². The number of carbonyl (C=O) groups is 2. The van der Waals surface area contributed by atoms with Gasteiger partial charge in [0.2, 0.25) is 0 Å². The van der Waals surface area contributed by atoms with Gasteiger partial charge in [-0.1, -0.05) is 12.8 Å². The summed E-state index contributed by atoms with van der Waals surface area (Å²) in [6.45, 7) is 2.26. The van der Waals surface area contributed by atoms with Crippen molar-refractivity contribution in [3.8, 4) is 11.5 Å². The van der Waals surface area contributed by atoms with E-state index >= 15 is 0 Å². The fourth-order valence-corrected chi connectivity index (χ4v) is 4.51. The van der Waals surface area contributed by atoms with Gasteiger partial charge in [0.05, 0.1) is 24.7 Å². The number of amides is 1. The summed E-state index contributed by atoms with van der Waals surface area (Å²) in [6, 6.07) is 2.56. The maximum atomic E-state index is 12.7. The number of carbonyl (C=O) groups excluding carboxylic acids is 2. The Bertz CT molecular complexity index is 809. The number of nitro benzene ring substituents is 1. The van der Waals surface area contributed by atoms with Gasteiger partial charge in [0.1, 0.15) is 5.56 Å². The second-order valence-electron chi connectivity index (χ2n) is 7.63. The SMILES string of the molecule is CCOc1cc(C(=O)OCC(=O)N2CCC[C@@H]3CCCC[C@H]32)c([N+](=O)[O-])cc1OC. The van der Waals surface area contributed by atoms with E-state index in [-0.39, 0.29) is 29.0 Å². The summed E-state index contributed by atoms with van der Waals surface area (Å²) in [6.07, 6.45) is 6.48. The second-order valence-corrected chi connectivity index (χ2v) is 7.63. The molecule has 2 fully saturated rings. The summed E-state index contributed by atoms with van der Waals surface area (Å²) >= 11 is 0. The molecule has 1 amide bonds. The number of nitrogens with zero attached hydrogens (tertiary/aromatic N) is 2. The molecular weight excluding hydrogens is 392 g/mol. The predicted molar refractivity (Wildman–Crippen MR) is 108 cm³/mol. The first-order chi connectivity index (χ1) is 14.5. The average molecular weight is 420 g/mol. The molecule has 2 aliphatic rings. The van der Waals surface area contributed by atoms with Gasteiger partial charge >= 0.3 is 5.97 Å². The lowest BCUT2D eigenvalue weighted by Gasteiger charge is -2.44. The summed E-state index contributed by atoms with van der Waals surface area (Å²) in [5.41, 5.74) is -0.732. The van der Waals surface area contributed by atoms with Crippen LogP contribution in [0.1, 0.15) is 55.8 Å². The van der Waals surface area contributed by atoms with E-state index in [9.17, 15) is 19.7 Å². The lowest BCUT2D eigenvalue weighted by molar-refractivity contribution is -0.385. The van der Waals surface area contributed by atoms with Crippen molar-refractivity contribution < 1.29 is 28.7 Å². The summed E-state index contributed by atoms with van der Waals surface area (Å²) in [5, 5.41) is 11.4. The number of hydrogen-bond donors (Lipinski definition) is 0. The Morgan fingerprint density at radius 1 is 1.17 bits per heavy atom. The third-order valence-electron chi connectivity index (χ3n) is 5.89. The molecule has 3 rings (SSSR count). The lowest BCUT2D eigenvalue weighted by atomic mass is 9.78. The van der Waals surface area contributed by atoms with Crippen molar-refractivity contribution in [2.75, 3.05) is 26.9 Å². The molecule has 0 unspecified atom stereocenters. The molecule has 1 aromatic rings. The lowest BCUT2D eigenvalue weighted by Crippen LogP contribution is -2.50. The minimum atomic E-state index is -0.934. The van der Waals surface area contributed by atoms with Crippen LogP contribution >= 0.6 is 0 Å². The van der Waals surface area contributed by atoms with Crippen molar-refractivity contribution in [2.24, 2.45) is 5.92 Å². The highest BCUT2D eigenvalue weighted by atomic mass is 16.6. The van der Waals surface area contributed by atoms with Crippen LogP contribution in [0.25, 0.3) is 0 Å². The molecule has 1 saturated heterocycles. The predicted octanol–water partition coefficient (Wildman–Crippen LogP) is 3.34. The summed E-state index contributed by atoms with van der Waals surface area (Å²) < 4.78 is 15.7. The minimum absolute atomic E-state index is 0.146. The molecule has 0 radical (unpaired) electrons. The molecule has 9 nitrogen and oxygen atoms in total. The maximum Gasteiger partial charge on any atom is 0.345 e. The van der Waals surface area contributed by atoms with Gasteiger partial charge in [-0.2, -0.15) is 0 Å². The Morgan fingerprint density at radius 2 is 1.90 bits per heavy atom. The molecule has 1 aromatic carbocycles. The van der Waals surface area contributed by atoms with E-state index in [0.29, 0.717) is 19.1 Å². The minimum Gasteiger partial charge on any atom is -0.493 e. The van der Waals surface area contributed by atoms with E-state index < -0.39 is 23.2 Å². The molecule has 0 aromatic heterocycles. The van der Waals surface area contributed by atoms with E-state index in [1.54, 1.807) is 6.92 Å². The van der Waals surface area contributed by atoms with Crippen LogP contribution in [0.5, 0.6) is 11.5 Å². The van der Waals surface area contributed by atoms with Gasteiger partial charge in [-0.05, 0) is 38.5 Å². The topological polar surface area (TPSA) is 108 Å². The molecule has 0 N–H and O–H groups in total. The molecule has 1 aliphatic heterocycles. The fourth-order valence-electron chi connectivity index (χ4n) is 4.51. The number of nitro groups is 1. The van der Waals surface area contributed by atoms with Crippen LogP contribution in [0.15, 0.2) is 12.1 Å². The third-order valence-corrected chi connectivity index (χ3v) is 5.89. The number of fused-ring (bicyclic) bond motifs is 1. The highest BCUT2D eigenvalue weighted by Gasteiger charge is 2.36. The smallest absolute Gasteiger partial charge is 0.345 e. The highest BCUT2D eigenvalue weighted by Crippen LogP contribution is 2.36. The van der Waals surface area contributed by atoms with Crippen molar-refractivity contribution in [1.82, 2.24) is 4.90 Å². The second kappa shape index (κ2) is 9.77. The van der Waals surface area contributed by atoms with E-state index in [4.69, 9.17) is 14.2 Å². The number of hydrogen-bond acceptors (Lipinski definition) is 7. The fraction of sp³-hybridized carbons (Fsp3) is 0.619. The van der Waals surface area contributed by atoms with Crippen LogP contribution in [-0.2, 0) is 9.53 Å². The monoisotopic (exact) mass is 420 g/mol. The van der Waals surface area contributed by atoms with Crippen LogP contribution in [-0.4, -0.2) is 54.6 Å². The number of esters is 1. The molecule has 164 valence electrons. The number of ether oxygens (including phenoxy) is 3. The Balaban J connectivity index is 1.72. The van der Waals surface area contributed by atoms with E-state index in [0.717, 1.165) is 38.2 Å². The molecule has 0 bridgehead atoms. The van der Waals surface area contributed by atoms with Crippen molar-refractivity contribution >= 4 is 17.6 Å². The number of rotatable bonds is 7. The van der Waals surface area contributed by atoms with E-state index in [2.05, 4.69) is 0 Å². The van der Waals surface area contributed by atoms with Crippen LogP contribution in [0, 0.1) is 16.0 Å². The van der Waals surface area contributed by atoms with Crippen molar-refractivity contribution in [2.45, 2.75) is 51.5 Å². The number of likely N-dealkylation sites (tertiary alicyclic amines) is 1. The van der Waals surface area contributed by atoms with Crippen molar-refractivity contribution in [3.63, 3.8) is 0 Å². The largest absolute Gasteiger partial charge is 0.493 e. The van der Waals surface area contributed by atoms with E-state index in [1.165, 1.54) is 19.6 Å². The maximum absolute atomic E-state index is 12.7. The van der Waals surface area contributed by atoms with Gasteiger partial charge in [0.15, 0.2) is 18.1 Å². The first kappa shape index (κ1) is 21.9. The number of piperidine rings is 1. The highest BCUT2D eigenvalue weighted by molar-refractivity contribution is 5.96. The zero-order valence-electron chi connectivity index (χ0n) is 17.4. The van der Waals surface area contributed by atoms with Crippen molar-refractivity contribution in [3.05, 3.63) is 27.8 Å². The first-order valence-corrected chi connectivity index (χ1v) is 10.4. The van der Waals surface area contributed by atoms with Gasteiger partial charge in [-0.3, -0.25) is 14.9 Å². The summed E-state index contributed by atoms with van der Waals surface area (Å²) in [7, 11) is 1.36. The van der Waals surface area contributed by atoms with Gasteiger partial charge in [0, 0.05) is 18.7 Å². The van der Waals surface area contributed by atoms with Crippen LogP contribution in [0.4, 0.5) is 5.69 Å². The Morgan fingerprint density at radius 3 is 2.60 bits per heavy atom. The first-order valence-electron chi connectivity index (χ1n) is 10.4. The van der Waals surface area contributed by atoms with E-state index in [1.807, 2.05) is 4.90 Å². The summed E-state index contributed by atoms with van der Waals surface area (Å²) in [4.78, 5) is 37.9. The number of benzene rings is 1. The molecule has 0 spiro atoms. The van der Waals surface area contributed by atoms with Gasteiger partial charge in [0.25, 0.3) is 11.6 Å². The Hall–Kier alpha value is -2.84. The molecule has 1 saturated carbocycles.